The maximum Gasteiger partial charge on any atom is 0.337 e. The fourth-order valence-electron chi connectivity index (χ4n) is 1.33. The molecule has 0 aliphatic carbocycles. The van der Waals surface area contributed by atoms with E-state index in [4.69, 9.17) is 22.0 Å². The number of carboxylic acid groups (broad SMARTS) is 1. The zero-order valence-corrected chi connectivity index (χ0v) is 12.2. The lowest BCUT2D eigenvalue weighted by Crippen LogP contribution is -2.13. The van der Waals surface area contributed by atoms with E-state index >= 15 is 0 Å². The average molecular weight is 300 g/mol. The molecule has 0 fully saturated rings. The first kappa shape index (κ1) is 15.7. The molecular formula is C13H14ClNO3S. The predicted octanol–water partition coefficient (Wildman–Crippen LogP) is 3.09. The van der Waals surface area contributed by atoms with Gasteiger partial charge in [0.15, 0.2) is 0 Å². The standard InChI is InChI=1S/C13H14ClNO3S/c1-13(2,8-15)5-6-19(18)9-3-4-11(14)10(7-9)12(16)17/h3-4,7H,5-6H2,1-2H3,(H,16,17). The molecule has 0 heterocycles. The SMILES string of the molecule is CC(C)(C#N)CCS(=O)c1ccc(Cl)c(C(=O)O)c1. The Labute approximate surface area is 119 Å². The minimum absolute atomic E-state index is 0.0629. The number of halogens is 1. The number of hydrogen-bond acceptors (Lipinski definition) is 3. The first-order valence-electron chi connectivity index (χ1n) is 5.59. The van der Waals surface area contributed by atoms with Crippen molar-refractivity contribution in [3.63, 3.8) is 0 Å². The van der Waals surface area contributed by atoms with Gasteiger partial charge in [0.2, 0.25) is 0 Å². The van der Waals surface area contributed by atoms with Crippen LogP contribution in [0.1, 0.15) is 30.6 Å². The molecule has 1 N–H and O–H groups in total. The number of carbonyl (C=O) groups is 1. The van der Waals surface area contributed by atoms with Gasteiger partial charge in [-0.2, -0.15) is 5.26 Å². The van der Waals surface area contributed by atoms with E-state index in [-0.39, 0.29) is 10.6 Å². The minimum atomic E-state index is -1.34. The summed E-state index contributed by atoms with van der Waals surface area (Å²) in [6.07, 6.45) is 0.473. The second kappa shape index (κ2) is 6.18. The molecular weight excluding hydrogens is 286 g/mol. The number of hydrogen-bond donors (Lipinski definition) is 1. The third-order valence-corrected chi connectivity index (χ3v) is 4.33. The molecule has 0 amide bonds. The summed E-state index contributed by atoms with van der Waals surface area (Å²) in [5.74, 6) is -0.845. The summed E-state index contributed by atoms with van der Waals surface area (Å²) in [5.41, 5.74) is -0.607. The quantitative estimate of drug-likeness (QED) is 0.906. The highest BCUT2D eigenvalue weighted by atomic mass is 35.5. The van der Waals surface area contributed by atoms with Crippen molar-refractivity contribution in [3.05, 3.63) is 28.8 Å². The third kappa shape index (κ3) is 4.34. The molecule has 0 aromatic heterocycles. The molecule has 0 aliphatic heterocycles. The van der Waals surface area contributed by atoms with E-state index in [0.29, 0.717) is 17.1 Å². The van der Waals surface area contributed by atoms with Crippen LogP contribution < -0.4 is 0 Å². The Bertz CT molecular complexity index is 563. The topological polar surface area (TPSA) is 78.2 Å². The van der Waals surface area contributed by atoms with Crippen LogP contribution in [0.5, 0.6) is 0 Å². The first-order valence-corrected chi connectivity index (χ1v) is 7.29. The molecule has 0 radical (unpaired) electrons. The minimum Gasteiger partial charge on any atom is -0.478 e. The molecule has 6 heteroatoms. The third-order valence-electron chi connectivity index (χ3n) is 2.65. The number of nitrogens with zero attached hydrogens (tertiary/aromatic N) is 1. The number of nitriles is 1. The van der Waals surface area contributed by atoms with E-state index < -0.39 is 22.2 Å². The van der Waals surface area contributed by atoms with Crippen molar-refractivity contribution in [2.24, 2.45) is 5.41 Å². The lowest BCUT2D eigenvalue weighted by atomic mass is 9.93. The van der Waals surface area contributed by atoms with Gasteiger partial charge in [0.25, 0.3) is 0 Å². The molecule has 19 heavy (non-hydrogen) atoms. The molecule has 1 aromatic rings. The maximum atomic E-state index is 12.1. The predicted molar refractivity (Wildman–Crippen MR) is 73.7 cm³/mol. The van der Waals surface area contributed by atoms with Gasteiger partial charge in [-0.1, -0.05) is 11.6 Å². The Kier molecular flexibility index (Phi) is 5.10. The number of benzene rings is 1. The van der Waals surface area contributed by atoms with Crippen molar-refractivity contribution >= 4 is 28.4 Å². The summed E-state index contributed by atoms with van der Waals surface area (Å²) in [6, 6.07) is 6.43. The van der Waals surface area contributed by atoms with E-state index in [1.165, 1.54) is 12.1 Å². The number of carboxylic acids is 1. The van der Waals surface area contributed by atoms with Gasteiger partial charge in [-0.15, -0.1) is 0 Å². The first-order chi connectivity index (χ1) is 8.76. The summed E-state index contributed by atoms with van der Waals surface area (Å²) in [5, 5.41) is 17.9. The van der Waals surface area contributed by atoms with Gasteiger partial charge < -0.3 is 5.11 Å². The number of rotatable bonds is 5. The zero-order chi connectivity index (χ0) is 14.6. The van der Waals surface area contributed by atoms with Crippen LogP contribution in [0, 0.1) is 16.7 Å². The van der Waals surface area contributed by atoms with Crippen LogP contribution in [-0.4, -0.2) is 21.0 Å². The van der Waals surface area contributed by atoms with Crippen LogP contribution >= 0.6 is 11.6 Å². The second-order valence-electron chi connectivity index (χ2n) is 4.74. The van der Waals surface area contributed by atoms with Crippen molar-refractivity contribution in [1.82, 2.24) is 0 Å². The molecule has 0 bridgehead atoms. The van der Waals surface area contributed by atoms with Gasteiger partial charge in [-0.05, 0) is 38.5 Å². The highest BCUT2D eigenvalue weighted by Crippen LogP contribution is 2.23. The van der Waals surface area contributed by atoms with E-state index in [1.54, 1.807) is 19.9 Å². The van der Waals surface area contributed by atoms with Gasteiger partial charge >= 0.3 is 5.97 Å². The Morgan fingerprint density at radius 1 is 1.53 bits per heavy atom. The van der Waals surface area contributed by atoms with Crippen molar-refractivity contribution < 1.29 is 14.1 Å². The Morgan fingerprint density at radius 3 is 2.68 bits per heavy atom. The lowest BCUT2D eigenvalue weighted by molar-refractivity contribution is 0.0697. The van der Waals surface area contributed by atoms with Gasteiger partial charge in [-0.25, -0.2) is 4.79 Å². The highest BCUT2D eigenvalue weighted by Gasteiger charge is 2.19. The van der Waals surface area contributed by atoms with Crippen LogP contribution in [0.3, 0.4) is 0 Å². The number of aromatic carboxylic acids is 1. The Hall–Kier alpha value is -1.38. The molecule has 0 spiro atoms. The van der Waals surface area contributed by atoms with Crippen LogP contribution in [0.2, 0.25) is 5.02 Å². The molecule has 0 aliphatic rings. The van der Waals surface area contributed by atoms with Crippen LogP contribution in [-0.2, 0) is 10.8 Å². The summed E-state index contributed by atoms with van der Waals surface area (Å²) < 4.78 is 12.1. The highest BCUT2D eigenvalue weighted by molar-refractivity contribution is 7.85. The molecule has 4 nitrogen and oxygen atoms in total. The maximum absolute atomic E-state index is 12.1. The summed E-state index contributed by atoms with van der Waals surface area (Å²) in [4.78, 5) is 11.3. The van der Waals surface area contributed by atoms with Crippen LogP contribution in [0.4, 0.5) is 0 Å². The van der Waals surface area contributed by atoms with Crippen molar-refractivity contribution in [3.8, 4) is 6.07 Å². The molecule has 1 aromatic carbocycles. The van der Waals surface area contributed by atoms with Crippen LogP contribution in [0.15, 0.2) is 23.1 Å². The van der Waals surface area contributed by atoms with Gasteiger partial charge in [0.05, 0.1) is 32.9 Å². The Morgan fingerprint density at radius 2 is 2.16 bits per heavy atom. The monoisotopic (exact) mass is 299 g/mol. The van der Waals surface area contributed by atoms with Gasteiger partial charge in [-0.3, -0.25) is 4.21 Å². The summed E-state index contributed by atoms with van der Waals surface area (Å²) >= 11 is 5.75. The van der Waals surface area contributed by atoms with Crippen molar-refractivity contribution in [1.29, 1.82) is 5.26 Å². The van der Waals surface area contributed by atoms with Crippen molar-refractivity contribution in [2.75, 3.05) is 5.75 Å². The summed E-state index contributed by atoms with van der Waals surface area (Å²) in [6.45, 7) is 3.55. The van der Waals surface area contributed by atoms with E-state index in [2.05, 4.69) is 6.07 Å². The van der Waals surface area contributed by atoms with Gasteiger partial charge in [0, 0.05) is 10.6 Å². The molecule has 1 unspecified atom stereocenters. The van der Waals surface area contributed by atoms with Crippen LogP contribution in [0.25, 0.3) is 0 Å². The van der Waals surface area contributed by atoms with Crippen molar-refractivity contribution in [2.45, 2.75) is 25.2 Å². The van der Waals surface area contributed by atoms with E-state index in [9.17, 15) is 9.00 Å². The fraction of sp³-hybridized carbons (Fsp3) is 0.385. The van der Waals surface area contributed by atoms with Gasteiger partial charge in [0.1, 0.15) is 0 Å². The zero-order valence-electron chi connectivity index (χ0n) is 10.6. The fourth-order valence-corrected chi connectivity index (χ4v) is 2.93. The average Bonchev–Trinajstić information content (AvgIpc) is 2.36. The normalized spacial score (nSPS) is 12.7. The molecule has 0 saturated heterocycles. The molecule has 1 atom stereocenters. The summed E-state index contributed by atoms with van der Waals surface area (Å²) in [7, 11) is -1.34. The largest absolute Gasteiger partial charge is 0.478 e. The molecule has 102 valence electrons. The van der Waals surface area contributed by atoms with E-state index in [0.717, 1.165) is 0 Å². The lowest BCUT2D eigenvalue weighted by Gasteiger charge is -2.14. The van der Waals surface area contributed by atoms with E-state index in [1.807, 2.05) is 0 Å². The smallest absolute Gasteiger partial charge is 0.337 e. The molecule has 0 saturated carbocycles. The second-order valence-corrected chi connectivity index (χ2v) is 6.72. The Balaban J connectivity index is 2.87. The molecule has 1 rings (SSSR count).